The molecule has 2 rings (SSSR count). The highest BCUT2D eigenvalue weighted by Gasteiger charge is 2.10. The van der Waals surface area contributed by atoms with Crippen LogP contribution in [0.15, 0.2) is 71.7 Å². The Morgan fingerprint density at radius 3 is 2.81 bits per heavy atom. The van der Waals surface area contributed by atoms with E-state index in [9.17, 15) is 0 Å². The molecule has 0 radical (unpaired) electrons. The molecule has 0 fully saturated rings. The van der Waals surface area contributed by atoms with Gasteiger partial charge in [-0.25, -0.2) is 9.97 Å². The molecule has 0 saturated heterocycles. The number of rotatable bonds is 6. The fraction of sp³-hybridized carbons (Fsp3) is 0.176. The molecule has 2 aromatic rings. The fourth-order valence-electron chi connectivity index (χ4n) is 1.75. The average molecular weight is 297 g/mol. The van der Waals surface area contributed by atoms with Gasteiger partial charge in [0.15, 0.2) is 0 Å². The van der Waals surface area contributed by atoms with Crippen LogP contribution in [0.4, 0.5) is 0 Å². The molecule has 4 heteroatoms. The van der Waals surface area contributed by atoms with Crippen molar-refractivity contribution in [2.45, 2.75) is 23.4 Å². The van der Waals surface area contributed by atoms with Crippen LogP contribution >= 0.6 is 11.8 Å². The molecule has 0 aliphatic carbocycles. The first-order valence-electron chi connectivity index (χ1n) is 6.75. The summed E-state index contributed by atoms with van der Waals surface area (Å²) in [5.74, 6) is 0. The zero-order chi connectivity index (χ0) is 15.1. The standard InChI is InChI=1S/C17H19N3S/c1-4-5-6-7-8-9-15-17(20(3)13-19-15)21-16-11-10-14(2)12-18-16/h4-8,10-13H,1,9H2,2-3H3/b6-5-,8-7-. The number of hydrogen-bond donors (Lipinski definition) is 0. The van der Waals surface area contributed by atoms with E-state index in [1.807, 2.05) is 55.4 Å². The summed E-state index contributed by atoms with van der Waals surface area (Å²) in [6.45, 7) is 5.68. The molecule has 0 aliphatic rings. The molecule has 0 saturated carbocycles. The number of aromatic nitrogens is 3. The van der Waals surface area contributed by atoms with E-state index >= 15 is 0 Å². The quantitative estimate of drug-likeness (QED) is 0.752. The third kappa shape index (κ3) is 4.46. The zero-order valence-electron chi connectivity index (χ0n) is 12.4. The summed E-state index contributed by atoms with van der Waals surface area (Å²) in [4.78, 5) is 8.90. The lowest BCUT2D eigenvalue weighted by Crippen LogP contribution is -1.92. The van der Waals surface area contributed by atoms with E-state index in [1.165, 1.54) is 5.56 Å². The molecule has 0 unspecified atom stereocenters. The number of pyridine rings is 1. The van der Waals surface area contributed by atoms with Crippen molar-refractivity contribution in [1.82, 2.24) is 14.5 Å². The van der Waals surface area contributed by atoms with Crippen LogP contribution in [0, 0.1) is 6.92 Å². The summed E-state index contributed by atoms with van der Waals surface area (Å²) in [5.41, 5.74) is 2.23. The normalized spacial score (nSPS) is 11.5. The molecule has 0 spiro atoms. The Balaban J connectivity index is 2.10. The smallest absolute Gasteiger partial charge is 0.104 e. The predicted octanol–water partition coefficient (Wildman–Crippen LogP) is 4.12. The Hall–Kier alpha value is -2.07. The predicted molar refractivity (Wildman–Crippen MR) is 88.5 cm³/mol. The van der Waals surface area contributed by atoms with E-state index in [4.69, 9.17) is 0 Å². The second-order valence-electron chi connectivity index (χ2n) is 4.64. The van der Waals surface area contributed by atoms with Crippen LogP contribution in [0.25, 0.3) is 0 Å². The van der Waals surface area contributed by atoms with Crippen LogP contribution in [-0.2, 0) is 13.5 Å². The van der Waals surface area contributed by atoms with Crippen LogP contribution in [0.3, 0.4) is 0 Å². The van der Waals surface area contributed by atoms with Gasteiger partial charge in [-0.1, -0.05) is 54.8 Å². The molecular formula is C17H19N3S. The summed E-state index contributed by atoms with van der Waals surface area (Å²) in [5, 5.41) is 2.12. The Labute approximate surface area is 130 Å². The third-order valence-corrected chi connectivity index (χ3v) is 4.01. The SMILES string of the molecule is C=C/C=C\C=C/Cc1ncn(C)c1Sc1ccc(C)cn1. The van der Waals surface area contributed by atoms with Crippen molar-refractivity contribution in [2.24, 2.45) is 7.05 Å². The lowest BCUT2D eigenvalue weighted by Gasteiger charge is -2.04. The van der Waals surface area contributed by atoms with Crippen LogP contribution in [-0.4, -0.2) is 14.5 Å². The second kappa shape index (κ2) is 7.64. The Morgan fingerprint density at radius 1 is 1.24 bits per heavy atom. The van der Waals surface area contributed by atoms with Crippen LogP contribution in [0.1, 0.15) is 11.3 Å². The molecule has 0 bridgehead atoms. The third-order valence-electron chi connectivity index (χ3n) is 2.85. The summed E-state index contributed by atoms with van der Waals surface area (Å²) < 4.78 is 2.04. The Kier molecular flexibility index (Phi) is 5.58. The number of nitrogens with zero attached hydrogens (tertiary/aromatic N) is 3. The van der Waals surface area contributed by atoms with E-state index < -0.39 is 0 Å². The van der Waals surface area contributed by atoms with Gasteiger partial charge >= 0.3 is 0 Å². The molecule has 0 aromatic carbocycles. The van der Waals surface area contributed by atoms with E-state index in [1.54, 1.807) is 17.8 Å². The van der Waals surface area contributed by atoms with Crippen LogP contribution < -0.4 is 0 Å². The number of aryl methyl sites for hydroxylation is 2. The van der Waals surface area contributed by atoms with Gasteiger partial charge in [0.2, 0.25) is 0 Å². The van der Waals surface area contributed by atoms with Gasteiger partial charge in [-0.05, 0) is 18.6 Å². The molecule has 2 heterocycles. The largest absolute Gasteiger partial charge is 0.328 e. The van der Waals surface area contributed by atoms with Crippen molar-refractivity contribution in [3.05, 3.63) is 72.9 Å². The van der Waals surface area contributed by atoms with Gasteiger partial charge in [-0.3, -0.25) is 0 Å². The minimum absolute atomic E-state index is 0.802. The van der Waals surface area contributed by atoms with Gasteiger partial charge in [0.25, 0.3) is 0 Å². The highest BCUT2D eigenvalue weighted by Crippen LogP contribution is 2.28. The molecule has 0 atom stereocenters. The maximum Gasteiger partial charge on any atom is 0.104 e. The van der Waals surface area contributed by atoms with Crippen LogP contribution in [0.5, 0.6) is 0 Å². The van der Waals surface area contributed by atoms with Gasteiger partial charge in [0.1, 0.15) is 10.1 Å². The van der Waals surface area contributed by atoms with Gasteiger partial charge in [0, 0.05) is 19.7 Å². The van der Waals surface area contributed by atoms with Gasteiger partial charge in [-0.2, -0.15) is 0 Å². The van der Waals surface area contributed by atoms with Crippen molar-refractivity contribution in [2.75, 3.05) is 0 Å². The van der Waals surface area contributed by atoms with E-state index in [0.29, 0.717) is 0 Å². The summed E-state index contributed by atoms with van der Waals surface area (Å²) in [6.07, 6.45) is 14.3. The van der Waals surface area contributed by atoms with Gasteiger partial charge < -0.3 is 4.57 Å². The summed E-state index contributed by atoms with van der Waals surface area (Å²) in [6, 6.07) is 4.12. The molecule has 108 valence electrons. The first-order valence-corrected chi connectivity index (χ1v) is 7.57. The molecule has 21 heavy (non-hydrogen) atoms. The highest BCUT2D eigenvalue weighted by molar-refractivity contribution is 7.99. The van der Waals surface area contributed by atoms with Crippen molar-refractivity contribution in [3.63, 3.8) is 0 Å². The number of allylic oxidation sites excluding steroid dienone is 5. The van der Waals surface area contributed by atoms with Crippen molar-refractivity contribution in [3.8, 4) is 0 Å². The molecular weight excluding hydrogens is 278 g/mol. The monoisotopic (exact) mass is 297 g/mol. The van der Waals surface area contributed by atoms with Crippen LogP contribution in [0.2, 0.25) is 0 Å². The Bertz CT molecular complexity index is 651. The van der Waals surface area contributed by atoms with Crippen molar-refractivity contribution < 1.29 is 0 Å². The second-order valence-corrected chi connectivity index (χ2v) is 5.65. The first-order chi connectivity index (χ1) is 10.2. The topological polar surface area (TPSA) is 30.7 Å². The molecule has 0 aliphatic heterocycles. The summed E-state index contributed by atoms with van der Waals surface area (Å²) >= 11 is 1.65. The maximum atomic E-state index is 4.47. The van der Waals surface area contributed by atoms with E-state index in [-0.39, 0.29) is 0 Å². The van der Waals surface area contributed by atoms with Gasteiger partial charge in [-0.15, -0.1) is 0 Å². The maximum absolute atomic E-state index is 4.47. The number of imidazole rings is 1. The number of hydrogen-bond acceptors (Lipinski definition) is 3. The zero-order valence-corrected chi connectivity index (χ0v) is 13.2. The lowest BCUT2D eigenvalue weighted by molar-refractivity contribution is 0.813. The van der Waals surface area contributed by atoms with Gasteiger partial charge in [0.05, 0.1) is 12.0 Å². The fourth-order valence-corrected chi connectivity index (χ4v) is 2.64. The van der Waals surface area contributed by atoms with Crippen molar-refractivity contribution >= 4 is 11.8 Å². The summed E-state index contributed by atoms with van der Waals surface area (Å²) in [7, 11) is 2.01. The first kappa shape index (κ1) is 15.3. The molecule has 2 aromatic heterocycles. The minimum atomic E-state index is 0.802. The van der Waals surface area contributed by atoms with E-state index in [0.717, 1.165) is 22.2 Å². The molecule has 0 amide bonds. The van der Waals surface area contributed by atoms with Crippen molar-refractivity contribution in [1.29, 1.82) is 0 Å². The minimum Gasteiger partial charge on any atom is -0.328 e. The molecule has 3 nitrogen and oxygen atoms in total. The Morgan fingerprint density at radius 2 is 2.10 bits per heavy atom. The lowest BCUT2D eigenvalue weighted by atomic mass is 10.3. The molecule has 0 N–H and O–H groups in total. The average Bonchev–Trinajstić information content (AvgIpc) is 2.82. The van der Waals surface area contributed by atoms with E-state index in [2.05, 4.69) is 28.7 Å². The highest BCUT2D eigenvalue weighted by atomic mass is 32.2.